The third-order valence-corrected chi connectivity index (χ3v) is 9.48. The average molecular weight is 644 g/mol. The zero-order valence-electron chi connectivity index (χ0n) is 27.2. The number of nitrogens with zero attached hydrogens (tertiary/aromatic N) is 3. The summed E-state index contributed by atoms with van der Waals surface area (Å²) < 4.78 is 4.72. The second-order valence-electron chi connectivity index (χ2n) is 12.5. The van der Waals surface area contributed by atoms with Gasteiger partial charge in [0.2, 0.25) is 0 Å². The highest BCUT2D eigenvalue weighted by atomic mass is 15.1. The number of aromatic nitrogens is 2. The van der Waals surface area contributed by atoms with Crippen molar-refractivity contribution in [1.29, 1.82) is 5.41 Å². The Hall–Kier alpha value is -6.72. The largest absolute Gasteiger partial charge is 0.345 e. The number of fused-ring (bicyclic) bond motifs is 6. The maximum absolute atomic E-state index is 8.67. The van der Waals surface area contributed by atoms with Gasteiger partial charge in [-0.25, -0.2) is 0 Å². The van der Waals surface area contributed by atoms with Gasteiger partial charge in [-0.3, -0.25) is 10.4 Å². The van der Waals surface area contributed by atoms with Crippen LogP contribution in [0, 0.1) is 5.41 Å². The summed E-state index contributed by atoms with van der Waals surface area (Å²) in [7, 11) is 0. The third-order valence-electron chi connectivity index (χ3n) is 9.48. The Morgan fingerprint density at radius 2 is 0.980 bits per heavy atom. The Balaban J connectivity index is 1.08. The van der Waals surface area contributed by atoms with E-state index in [1.165, 1.54) is 32.6 Å². The van der Waals surface area contributed by atoms with Crippen LogP contribution in [0.2, 0.25) is 0 Å². The Morgan fingerprint density at radius 3 is 1.60 bits per heavy atom. The molecule has 0 saturated carbocycles. The number of rotatable bonds is 7. The molecule has 238 valence electrons. The molecule has 2 N–H and O–H groups in total. The quantitative estimate of drug-likeness (QED) is 0.132. The lowest BCUT2D eigenvalue weighted by atomic mass is 10.1. The Morgan fingerprint density at radius 1 is 0.500 bits per heavy atom. The van der Waals surface area contributed by atoms with Gasteiger partial charge in [0.1, 0.15) is 12.0 Å². The Kier molecular flexibility index (Phi) is 7.29. The van der Waals surface area contributed by atoms with Gasteiger partial charge in [0.15, 0.2) is 0 Å². The first kappa shape index (κ1) is 29.4. The minimum Gasteiger partial charge on any atom is -0.345 e. The van der Waals surface area contributed by atoms with Gasteiger partial charge in [-0.05, 0) is 59.7 Å². The maximum Gasteiger partial charge on any atom is 0.145 e. The van der Waals surface area contributed by atoms with Crippen molar-refractivity contribution < 1.29 is 0 Å². The number of hydrogen-bond acceptors (Lipinski definition) is 2. The van der Waals surface area contributed by atoms with Crippen molar-refractivity contribution in [2.45, 2.75) is 6.17 Å². The smallest absolute Gasteiger partial charge is 0.145 e. The number of amidine groups is 1. The molecule has 50 heavy (non-hydrogen) atoms. The van der Waals surface area contributed by atoms with E-state index in [9.17, 15) is 0 Å². The van der Waals surface area contributed by atoms with Gasteiger partial charge in [0.25, 0.3) is 0 Å². The Labute approximate surface area is 289 Å². The first-order valence-corrected chi connectivity index (χ1v) is 16.8. The standard InChI is InChI=1S/C45H33N5/c46-44(32-13-3-1-4-14-32)48-45(33-15-5-2-6-16-33)47-30-31-23-25-34(26-24-31)49-42-22-12-9-19-38(42)39-29-35(27-28-43(39)49)50-40-20-10-7-17-36(40)37-18-8-11-21-41(37)50/h1-30,45H,(H2,46,48)/b47-30+. The van der Waals surface area contributed by atoms with Crippen LogP contribution in [-0.4, -0.2) is 21.2 Å². The highest BCUT2D eigenvalue weighted by Crippen LogP contribution is 2.36. The second-order valence-corrected chi connectivity index (χ2v) is 12.5. The molecule has 9 rings (SSSR count). The lowest BCUT2D eigenvalue weighted by Gasteiger charge is -2.17. The van der Waals surface area contributed by atoms with E-state index in [1.54, 1.807) is 0 Å². The molecule has 1 atom stereocenters. The van der Waals surface area contributed by atoms with Crippen LogP contribution in [0.15, 0.2) is 181 Å². The van der Waals surface area contributed by atoms with Crippen LogP contribution in [0.1, 0.15) is 22.9 Å². The summed E-state index contributed by atoms with van der Waals surface area (Å²) in [6.45, 7) is 0. The van der Waals surface area contributed by atoms with Crippen molar-refractivity contribution in [1.82, 2.24) is 14.5 Å². The number of hydrogen-bond donors (Lipinski definition) is 2. The van der Waals surface area contributed by atoms with Gasteiger partial charge < -0.3 is 14.5 Å². The van der Waals surface area contributed by atoms with Crippen LogP contribution in [0.3, 0.4) is 0 Å². The van der Waals surface area contributed by atoms with Crippen molar-refractivity contribution in [2.75, 3.05) is 0 Å². The average Bonchev–Trinajstić information content (AvgIpc) is 3.70. The molecule has 0 saturated heterocycles. The van der Waals surface area contributed by atoms with Gasteiger partial charge >= 0.3 is 0 Å². The zero-order chi connectivity index (χ0) is 33.4. The number of para-hydroxylation sites is 3. The van der Waals surface area contributed by atoms with Gasteiger partial charge in [-0.2, -0.15) is 0 Å². The minimum absolute atomic E-state index is 0.333. The molecule has 0 fully saturated rings. The fourth-order valence-electron chi connectivity index (χ4n) is 7.12. The molecule has 2 heterocycles. The number of benzene rings is 7. The van der Waals surface area contributed by atoms with E-state index in [0.717, 1.165) is 39.1 Å². The van der Waals surface area contributed by atoms with Crippen molar-refractivity contribution >= 4 is 55.7 Å². The van der Waals surface area contributed by atoms with Crippen molar-refractivity contribution in [3.05, 3.63) is 193 Å². The Bertz CT molecular complexity index is 2630. The molecule has 0 bridgehead atoms. The van der Waals surface area contributed by atoms with Crippen molar-refractivity contribution in [3.63, 3.8) is 0 Å². The predicted octanol–water partition coefficient (Wildman–Crippen LogP) is 10.6. The maximum atomic E-state index is 8.67. The topological polar surface area (TPSA) is 58.1 Å². The van der Waals surface area contributed by atoms with E-state index in [4.69, 9.17) is 10.4 Å². The molecule has 1 unspecified atom stereocenters. The molecular weight excluding hydrogens is 611 g/mol. The number of nitrogens with one attached hydrogen (secondary N) is 2. The lowest BCUT2D eigenvalue weighted by molar-refractivity contribution is 0.685. The van der Waals surface area contributed by atoms with Gasteiger partial charge in [0.05, 0.1) is 22.1 Å². The summed E-state index contributed by atoms with van der Waals surface area (Å²) in [5, 5.41) is 16.9. The van der Waals surface area contributed by atoms with E-state index in [2.05, 4.69) is 130 Å². The van der Waals surface area contributed by atoms with Gasteiger partial charge in [0, 0.05) is 44.7 Å². The minimum atomic E-state index is -0.398. The van der Waals surface area contributed by atoms with E-state index >= 15 is 0 Å². The normalized spacial score (nSPS) is 12.3. The highest BCUT2D eigenvalue weighted by molar-refractivity contribution is 6.12. The first-order chi connectivity index (χ1) is 24.7. The van der Waals surface area contributed by atoms with Crippen LogP contribution in [0.25, 0.3) is 55.0 Å². The highest BCUT2D eigenvalue weighted by Gasteiger charge is 2.16. The van der Waals surface area contributed by atoms with E-state index < -0.39 is 6.17 Å². The van der Waals surface area contributed by atoms with E-state index in [-0.39, 0.29) is 0 Å². The fourth-order valence-corrected chi connectivity index (χ4v) is 7.12. The van der Waals surface area contributed by atoms with Crippen LogP contribution in [0.4, 0.5) is 0 Å². The molecule has 0 radical (unpaired) electrons. The molecule has 0 spiro atoms. The number of aliphatic imine (C=N–C) groups is 1. The van der Waals surface area contributed by atoms with Crippen LogP contribution in [-0.2, 0) is 0 Å². The first-order valence-electron chi connectivity index (χ1n) is 16.8. The summed E-state index contributed by atoms with van der Waals surface area (Å²) >= 11 is 0. The van der Waals surface area contributed by atoms with Crippen LogP contribution in [0.5, 0.6) is 0 Å². The second kappa shape index (κ2) is 12.4. The molecule has 9 aromatic rings. The summed E-state index contributed by atoms with van der Waals surface area (Å²) in [6, 6.07) is 61.0. The summed E-state index contributed by atoms with van der Waals surface area (Å²) in [5.74, 6) is 0.333. The third kappa shape index (κ3) is 5.13. The molecule has 0 aliphatic heterocycles. The molecule has 0 amide bonds. The summed E-state index contributed by atoms with van der Waals surface area (Å²) in [6.07, 6.45) is 1.49. The monoisotopic (exact) mass is 643 g/mol. The molecule has 5 heteroatoms. The molecular formula is C45H33N5. The van der Waals surface area contributed by atoms with Crippen LogP contribution >= 0.6 is 0 Å². The predicted molar refractivity (Wildman–Crippen MR) is 208 cm³/mol. The van der Waals surface area contributed by atoms with E-state index in [1.807, 2.05) is 66.9 Å². The van der Waals surface area contributed by atoms with Gasteiger partial charge in [-0.15, -0.1) is 0 Å². The lowest BCUT2D eigenvalue weighted by Crippen LogP contribution is -2.27. The van der Waals surface area contributed by atoms with Crippen molar-refractivity contribution in [3.8, 4) is 11.4 Å². The summed E-state index contributed by atoms with van der Waals surface area (Å²) in [5.41, 5.74) is 9.75. The SMILES string of the molecule is N=C(NC(/N=C/c1ccc(-n2c3ccccc3c3cc(-n4c5ccccc5c5ccccc54)ccc32)cc1)c1ccccc1)c1ccccc1. The summed E-state index contributed by atoms with van der Waals surface area (Å²) in [4.78, 5) is 4.91. The molecule has 0 aliphatic carbocycles. The molecule has 2 aromatic heterocycles. The zero-order valence-corrected chi connectivity index (χ0v) is 27.2. The van der Waals surface area contributed by atoms with Crippen LogP contribution < -0.4 is 5.32 Å². The molecule has 0 aliphatic rings. The molecule has 5 nitrogen and oxygen atoms in total. The molecule has 7 aromatic carbocycles. The van der Waals surface area contributed by atoms with E-state index in [0.29, 0.717) is 5.84 Å². The van der Waals surface area contributed by atoms with Gasteiger partial charge in [-0.1, -0.05) is 127 Å². The fraction of sp³-hybridized carbons (Fsp3) is 0.0222. The van der Waals surface area contributed by atoms with Crippen molar-refractivity contribution in [2.24, 2.45) is 4.99 Å².